The molecule has 0 unspecified atom stereocenters. The van der Waals surface area contributed by atoms with E-state index >= 15 is 0 Å². The van der Waals surface area contributed by atoms with Crippen LogP contribution in [0.3, 0.4) is 0 Å². The maximum Gasteiger partial charge on any atom is 0.270 e. The molecular weight excluding hydrogens is 286 g/mol. The van der Waals surface area contributed by atoms with Crippen LogP contribution in [0.4, 0.5) is 11.5 Å². The van der Waals surface area contributed by atoms with Crippen LogP contribution in [0.2, 0.25) is 0 Å². The Kier molecular flexibility index (Phi) is 4.26. The maximum atomic E-state index is 12.6. The van der Waals surface area contributed by atoms with Gasteiger partial charge in [0.1, 0.15) is 5.82 Å². The lowest BCUT2D eigenvalue weighted by atomic mass is 10.0. The van der Waals surface area contributed by atoms with E-state index in [1.807, 2.05) is 0 Å². The minimum atomic E-state index is -0.567. The Morgan fingerprint density at radius 3 is 2.59 bits per heavy atom. The first kappa shape index (κ1) is 15.3. The van der Waals surface area contributed by atoms with E-state index in [1.54, 1.807) is 6.07 Å². The number of hydrogen-bond acceptors (Lipinski definition) is 5. The number of non-ortho nitro benzene ring substituents is 1. The Morgan fingerprint density at radius 2 is 1.95 bits per heavy atom. The molecule has 1 aromatic carbocycles. The molecule has 0 aliphatic carbocycles. The fraction of sp³-hybridized carbons (Fsp3) is 0.133. The average molecular weight is 299 g/mol. The van der Waals surface area contributed by atoms with Gasteiger partial charge in [0.15, 0.2) is 5.78 Å². The van der Waals surface area contributed by atoms with Gasteiger partial charge in [0.05, 0.1) is 10.5 Å². The average Bonchev–Trinajstić information content (AvgIpc) is 2.53. The van der Waals surface area contributed by atoms with E-state index in [9.17, 15) is 19.7 Å². The van der Waals surface area contributed by atoms with Crippen LogP contribution in [0, 0.1) is 10.1 Å². The number of amides is 1. The fourth-order valence-electron chi connectivity index (χ4n) is 1.91. The van der Waals surface area contributed by atoms with Crippen molar-refractivity contribution in [3.8, 4) is 0 Å². The van der Waals surface area contributed by atoms with E-state index < -0.39 is 10.7 Å². The molecule has 1 heterocycles. The molecule has 1 amide bonds. The molecule has 112 valence electrons. The van der Waals surface area contributed by atoms with Gasteiger partial charge in [0.2, 0.25) is 5.91 Å². The molecule has 0 atom stereocenters. The summed E-state index contributed by atoms with van der Waals surface area (Å²) in [6.07, 6.45) is 1.47. The van der Waals surface area contributed by atoms with Gasteiger partial charge in [-0.2, -0.15) is 0 Å². The van der Waals surface area contributed by atoms with Gasteiger partial charge in [-0.05, 0) is 12.1 Å². The number of rotatable bonds is 4. The molecule has 2 aromatic rings. The van der Waals surface area contributed by atoms with Crippen LogP contribution < -0.4 is 4.90 Å². The molecule has 0 spiro atoms. The molecule has 0 saturated carbocycles. The molecule has 0 radical (unpaired) electrons. The lowest BCUT2D eigenvalue weighted by molar-refractivity contribution is -0.384. The number of nitro groups is 1. The molecule has 0 bridgehead atoms. The molecule has 7 heteroatoms. The van der Waals surface area contributed by atoms with Gasteiger partial charge in [0, 0.05) is 37.9 Å². The van der Waals surface area contributed by atoms with Crippen LogP contribution >= 0.6 is 0 Å². The molecule has 0 saturated heterocycles. The van der Waals surface area contributed by atoms with Crippen molar-refractivity contribution in [2.45, 2.75) is 6.92 Å². The monoisotopic (exact) mass is 299 g/mol. The number of nitro benzene ring substituents is 1. The van der Waals surface area contributed by atoms with E-state index in [1.165, 1.54) is 55.4 Å². The first-order valence-corrected chi connectivity index (χ1v) is 6.40. The van der Waals surface area contributed by atoms with Crippen LogP contribution in [0.1, 0.15) is 22.8 Å². The standard InChI is InChI=1S/C15H13N3O4/c1-10(19)17(2)15-13(7-4-8-16-15)14(20)11-5-3-6-12(9-11)18(21)22/h3-9H,1-2H3. The summed E-state index contributed by atoms with van der Waals surface area (Å²) in [5.41, 5.74) is 0.206. The molecule has 22 heavy (non-hydrogen) atoms. The first-order valence-electron chi connectivity index (χ1n) is 6.40. The van der Waals surface area contributed by atoms with Crippen LogP contribution in [-0.2, 0) is 4.79 Å². The van der Waals surface area contributed by atoms with Crippen molar-refractivity contribution in [3.05, 3.63) is 63.8 Å². The summed E-state index contributed by atoms with van der Waals surface area (Å²) in [7, 11) is 1.51. The SMILES string of the molecule is CC(=O)N(C)c1ncccc1C(=O)c1cccc([N+](=O)[O-])c1. The van der Waals surface area contributed by atoms with E-state index in [4.69, 9.17) is 0 Å². The second kappa shape index (κ2) is 6.13. The number of carbonyl (C=O) groups is 2. The number of benzene rings is 1. The predicted molar refractivity (Wildman–Crippen MR) is 79.8 cm³/mol. The summed E-state index contributed by atoms with van der Waals surface area (Å²) in [6, 6.07) is 8.54. The summed E-state index contributed by atoms with van der Waals surface area (Å²) < 4.78 is 0. The molecule has 0 aliphatic rings. The molecule has 1 aromatic heterocycles. The third-order valence-corrected chi connectivity index (χ3v) is 3.14. The van der Waals surface area contributed by atoms with Crippen LogP contribution in [0.25, 0.3) is 0 Å². The molecule has 7 nitrogen and oxygen atoms in total. The lowest BCUT2D eigenvalue weighted by Crippen LogP contribution is -2.26. The Hall–Kier alpha value is -3.09. The van der Waals surface area contributed by atoms with Crippen molar-refractivity contribution < 1.29 is 14.5 Å². The number of hydrogen-bond donors (Lipinski definition) is 0. The lowest BCUT2D eigenvalue weighted by Gasteiger charge is -2.16. The van der Waals surface area contributed by atoms with Gasteiger partial charge in [-0.1, -0.05) is 12.1 Å². The summed E-state index contributed by atoms with van der Waals surface area (Å²) in [6.45, 7) is 1.36. The minimum absolute atomic E-state index is 0.167. The first-order chi connectivity index (χ1) is 10.4. The molecule has 0 aliphatic heterocycles. The number of pyridine rings is 1. The summed E-state index contributed by atoms with van der Waals surface area (Å²) >= 11 is 0. The van der Waals surface area contributed by atoms with Crippen LogP contribution in [-0.4, -0.2) is 28.6 Å². The van der Waals surface area contributed by atoms with Crippen LogP contribution in [0.15, 0.2) is 42.6 Å². The zero-order valence-corrected chi connectivity index (χ0v) is 12.0. The Balaban J connectivity index is 2.48. The van der Waals surface area contributed by atoms with Crippen molar-refractivity contribution in [2.24, 2.45) is 0 Å². The van der Waals surface area contributed by atoms with Gasteiger partial charge < -0.3 is 0 Å². The molecule has 2 rings (SSSR count). The van der Waals surface area contributed by atoms with E-state index in [0.29, 0.717) is 0 Å². The second-order valence-corrected chi connectivity index (χ2v) is 4.59. The normalized spacial score (nSPS) is 10.1. The molecule has 0 fully saturated rings. The van der Waals surface area contributed by atoms with Gasteiger partial charge >= 0.3 is 0 Å². The number of nitrogens with zero attached hydrogens (tertiary/aromatic N) is 3. The third-order valence-electron chi connectivity index (χ3n) is 3.14. The van der Waals surface area contributed by atoms with E-state index in [2.05, 4.69) is 4.98 Å². The second-order valence-electron chi connectivity index (χ2n) is 4.59. The summed E-state index contributed by atoms with van der Waals surface area (Å²) in [5, 5.41) is 10.8. The van der Waals surface area contributed by atoms with Gasteiger partial charge in [-0.3, -0.25) is 24.6 Å². The topological polar surface area (TPSA) is 93.4 Å². The molecular formula is C15H13N3O4. The summed E-state index contributed by atoms with van der Waals surface area (Å²) in [5.74, 6) is -0.488. The third kappa shape index (κ3) is 2.98. The quantitative estimate of drug-likeness (QED) is 0.490. The van der Waals surface area contributed by atoms with Gasteiger partial charge in [-0.15, -0.1) is 0 Å². The van der Waals surface area contributed by atoms with Crippen molar-refractivity contribution in [1.82, 2.24) is 4.98 Å². The number of aromatic nitrogens is 1. The number of anilines is 1. The number of carbonyl (C=O) groups excluding carboxylic acids is 2. The Morgan fingerprint density at radius 1 is 1.23 bits per heavy atom. The highest BCUT2D eigenvalue weighted by Gasteiger charge is 2.20. The predicted octanol–water partition coefficient (Wildman–Crippen LogP) is 2.20. The van der Waals surface area contributed by atoms with E-state index in [0.717, 1.165) is 0 Å². The maximum absolute atomic E-state index is 12.6. The van der Waals surface area contributed by atoms with Gasteiger partial charge in [-0.25, -0.2) is 4.98 Å². The Bertz CT molecular complexity index is 758. The van der Waals surface area contributed by atoms with E-state index in [-0.39, 0.29) is 28.5 Å². The Labute approximate surface area is 126 Å². The number of ketones is 1. The minimum Gasteiger partial charge on any atom is -0.300 e. The van der Waals surface area contributed by atoms with Crippen molar-refractivity contribution in [2.75, 3.05) is 11.9 Å². The molecule has 0 N–H and O–H groups in total. The van der Waals surface area contributed by atoms with Gasteiger partial charge in [0.25, 0.3) is 5.69 Å². The largest absolute Gasteiger partial charge is 0.300 e. The zero-order valence-electron chi connectivity index (χ0n) is 12.0. The van der Waals surface area contributed by atoms with Crippen molar-refractivity contribution in [3.63, 3.8) is 0 Å². The van der Waals surface area contributed by atoms with Crippen LogP contribution in [0.5, 0.6) is 0 Å². The smallest absolute Gasteiger partial charge is 0.270 e. The zero-order chi connectivity index (χ0) is 16.3. The summed E-state index contributed by atoms with van der Waals surface area (Å²) in [4.78, 5) is 39.6. The highest BCUT2D eigenvalue weighted by molar-refractivity contribution is 6.13. The highest BCUT2D eigenvalue weighted by Crippen LogP contribution is 2.22. The highest BCUT2D eigenvalue weighted by atomic mass is 16.6. The fourth-order valence-corrected chi connectivity index (χ4v) is 1.91. The van der Waals surface area contributed by atoms with Crippen molar-refractivity contribution in [1.29, 1.82) is 0 Å². The van der Waals surface area contributed by atoms with Crippen molar-refractivity contribution >= 4 is 23.2 Å².